The van der Waals surface area contributed by atoms with Crippen LogP contribution in [0.2, 0.25) is 0 Å². The topological polar surface area (TPSA) is 98.8 Å². The van der Waals surface area contributed by atoms with E-state index in [0.29, 0.717) is 31.1 Å². The highest BCUT2D eigenvalue weighted by Gasteiger charge is 2.26. The van der Waals surface area contributed by atoms with Crippen LogP contribution in [-0.2, 0) is 0 Å². The Morgan fingerprint density at radius 1 is 1.39 bits per heavy atom. The van der Waals surface area contributed by atoms with Crippen molar-refractivity contribution in [1.29, 1.82) is 0 Å². The van der Waals surface area contributed by atoms with E-state index in [9.17, 15) is 14.0 Å². The number of alkyl halides is 1. The van der Waals surface area contributed by atoms with E-state index in [1.165, 1.54) is 18.2 Å². The number of rotatable bonds is 9. The Kier molecular flexibility index (Phi) is 7.59. The number of aliphatic imine (C=N–C) groups is 1. The zero-order valence-electron chi connectivity index (χ0n) is 14.7. The first-order valence-electron chi connectivity index (χ1n) is 8.59. The second-order valence-corrected chi connectivity index (χ2v) is 8.08. The molecule has 3 N–H and O–H groups in total. The van der Waals surface area contributed by atoms with Crippen LogP contribution in [0.15, 0.2) is 32.3 Å². The summed E-state index contributed by atoms with van der Waals surface area (Å²) >= 11 is 4.74. The number of nitrogens with zero attached hydrogens (tertiary/aromatic N) is 4. The van der Waals surface area contributed by atoms with Crippen LogP contribution in [0.25, 0.3) is 0 Å². The number of aromatic nitrogens is 2. The van der Waals surface area contributed by atoms with Crippen molar-refractivity contribution in [3.63, 3.8) is 0 Å². The van der Waals surface area contributed by atoms with Gasteiger partial charge in [-0.1, -0.05) is 11.9 Å². The van der Waals surface area contributed by atoms with E-state index in [2.05, 4.69) is 36.6 Å². The normalized spacial score (nSPS) is 15.5. The Labute approximate surface area is 172 Å². The van der Waals surface area contributed by atoms with Crippen molar-refractivity contribution in [2.24, 2.45) is 4.99 Å². The van der Waals surface area contributed by atoms with Gasteiger partial charge in [-0.25, -0.2) is 22.7 Å². The van der Waals surface area contributed by atoms with Gasteiger partial charge in [0.1, 0.15) is 12.0 Å². The molecule has 28 heavy (non-hydrogen) atoms. The highest BCUT2D eigenvalue weighted by atomic mass is 79.9. The lowest BCUT2D eigenvalue weighted by Crippen LogP contribution is -2.43. The summed E-state index contributed by atoms with van der Waals surface area (Å²) in [6.45, 7) is 1.64. The van der Waals surface area contributed by atoms with Crippen LogP contribution in [0.4, 0.5) is 20.3 Å². The van der Waals surface area contributed by atoms with Crippen LogP contribution in [0.5, 0.6) is 0 Å². The van der Waals surface area contributed by atoms with Gasteiger partial charge in [-0.05, 0) is 57.3 Å². The zero-order valence-corrected chi connectivity index (χ0v) is 17.1. The highest BCUT2D eigenvalue weighted by molar-refractivity contribution is 9.10. The summed E-state index contributed by atoms with van der Waals surface area (Å²) in [5, 5.41) is 20.0. The van der Waals surface area contributed by atoms with E-state index in [-0.39, 0.29) is 16.0 Å². The molecule has 1 fully saturated rings. The molecule has 8 nitrogen and oxygen atoms in total. The van der Waals surface area contributed by atoms with Crippen molar-refractivity contribution in [3.05, 3.63) is 34.2 Å². The number of hydroxylamine groups is 1. The number of hydrogen-bond donors (Lipinski definition) is 3. The molecule has 0 amide bonds. The van der Waals surface area contributed by atoms with Crippen molar-refractivity contribution in [3.8, 4) is 0 Å². The summed E-state index contributed by atoms with van der Waals surface area (Å²) in [4.78, 5) is 4.20. The monoisotopic (exact) mass is 476 g/mol. The average molecular weight is 477 g/mol. The second kappa shape index (κ2) is 10.1. The second-order valence-electron chi connectivity index (χ2n) is 6.04. The Balaban J connectivity index is 1.51. The third-order valence-corrected chi connectivity index (χ3v) is 5.65. The summed E-state index contributed by atoms with van der Waals surface area (Å²) in [6.07, 6.45) is 1.14. The standard InChI is InChI=1S/C16H19BrF2N6O2S/c17-12-7-11(3-4-13(12)19)21-16(22-26)14-15(24-27-23-14)20-5-1-2-6-28-25-8-10(18)9-25/h3-4,7,10,26H,1-2,5-6,8-9H2,(H,20,24)(H,21,22). The Morgan fingerprint density at radius 2 is 2.21 bits per heavy atom. The summed E-state index contributed by atoms with van der Waals surface area (Å²) in [5.74, 6) is 0.844. The number of halogens is 3. The molecule has 0 bridgehead atoms. The van der Waals surface area contributed by atoms with E-state index < -0.39 is 12.0 Å². The fourth-order valence-electron chi connectivity index (χ4n) is 2.40. The van der Waals surface area contributed by atoms with Gasteiger partial charge in [0.05, 0.1) is 10.2 Å². The summed E-state index contributed by atoms with van der Waals surface area (Å²) in [5.41, 5.74) is 2.57. The van der Waals surface area contributed by atoms with Gasteiger partial charge in [-0.3, -0.25) is 10.7 Å². The molecule has 1 aliphatic rings. The minimum Gasteiger partial charge on any atom is -0.365 e. The molecule has 0 saturated carbocycles. The lowest BCUT2D eigenvalue weighted by atomic mass is 10.3. The SMILES string of the molecule is ONC(=Nc1ccc(F)c(Br)c1)c1nonc1NCCCCSN1CC(F)C1. The van der Waals surface area contributed by atoms with Gasteiger partial charge in [0.2, 0.25) is 5.82 Å². The Morgan fingerprint density at radius 3 is 2.93 bits per heavy atom. The molecular weight excluding hydrogens is 458 g/mol. The van der Waals surface area contributed by atoms with Gasteiger partial charge in [0, 0.05) is 25.4 Å². The molecule has 12 heteroatoms. The maximum atomic E-state index is 13.3. The number of nitrogens with one attached hydrogen (secondary N) is 2. The van der Waals surface area contributed by atoms with E-state index in [1.54, 1.807) is 11.9 Å². The summed E-state index contributed by atoms with van der Waals surface area (Å²) < 4.78 is 33.1. The first kappa shape index (κ1) is 21.0. The molecule has 152 valence electrons. The van der Waals surface area contributed by atoms with Crippen LogP contribution in [0.3, 0.4) is 0 Å². The first-order valence-corrected chi connectivity index (χ1v) is 10.3. The third-order valence-electron chi connectivity index (χ3n) is 3.90. The number of unbranched alkanes of at least 4 members (excludes halogenated alkanes) is 1. The van der Waals surface area contributed by atoms with Crippen molar-refractivity contribution in [1.82, 2.24) is 20.1 Å². The number of amidine groups is 1. The minimum absolute atomic E-state index is 0.0105. The lowest BCUT2D eigenvalue weighted by Gasteiger charge is -2.32. The van der Waals surface area contributed by atoms with Gasteiger partial charge in [-0.15, -0.1) is 0 Å². The van der Waals surface area contributed by atoms with Crippen LogP contribution < -0.4 is 10.8 Å². The molecule has 0 unspecified atom stereocenters. The van der Waals surface area contributed by atoms with Crippen molar-refractivity contribution < 1.29 is 18.6 Å². The van der Waals surface area contributed by atoms with Gasteiger partial charge >= 0.3 is 0 Å². The molecule has 0 spiro atoms. The largest absolute Gasteiger partial charge is 0.365 e. The van der Waals surface area contributed by atoms with Crippen molar-refractivity contribution in [2.45, 2.75) is 19.0 Å². The van der Waals surface area contributed by atoms with Crippen LogP contribution in [0, 0.1) is 5.82 Å². The molecule has 2 heterocycles. The number of hydrogen-bond acceptors (Lipinski definition) is 8. The van der Waals surface area contributed by atoms with E-state index in [4.69, 9.17) is 4.63 Å². The number of anilines is 1. The highest BCUT2D eigenvalue weighted by Crippen LogP contribution is 2.24. The van der Waals surface area contributed by atoms with Gasteiger partial charge in [-0.2, -0.15) is 0 Å². The van der Waals surface area contributed by atoms with E-state index in [0.717, 1.165) is 18.6 Å². The van der Waals surface area contributed by atoms with Crippen molar-refractivity contribution >= 4 is 45.2 Å². The predicted molar refractivity (Wildman–Crippen MR) is 106 cm³/mol. The molecule has 1 aromatic heterocycles. The Hall–Kier alpha value is -1.76. The van der Waals surface area contributed by atoms with Crippen LogP contribution in [0.1, 0.15) is 18.5 Å². The maximum Gasteiger partial charge on any atom is 0.202 e. The fourth-order valence-corrected chi connectivity index (χ4v) is 3.89. The molecule has 0 aliphatic carbocycles. The van der Waals surface area contributed by atoms with Gasteiger partial charge in [0.25, 0.3) is 0 Å². The van der Waals surface area contributed by atoms with Crippen molar-refractivity contribution in [2.75, 3.05) is 30.7 Å². The van der Waals surface area contributed by atoms with Crippen LogP contribution in [-0.4, -0.2) is 57.2 Å². The summed E-state index contributed by atoms with van der Waals surface area (Å²) in [6, 6.07) is 4.18. The fraction of sp³-hybridized carbons (Fsp3) is 0.438. The van der Waals surface area contributed by atoms with Crippen LogP contribution >= 0.6 is 27.9 Å². The predicted octanol–water partition coefficient (Wildman–Crippen LogP) is 3.52. The maximum absolute atomic E-state index is 13.3. The summed E-state index contributed by atoms with van der Waals surface area (Å²) in [7, 11) is 0. The molecule has 1 saturated heterocycles. The first-order chi connectivity index (χ1) is 13.6. The van der Waals surface area contributed by atoms with Gasteiger partial charge < -0.3 is 5.32 Å². The van der Waals surface area contributed by atoms with E-state index >= 15 is 0 Å². The van der Waals surface area contributed by atoms with Gasteiger partial charge in [0.15, 0.2) is 11.5 Å². The molecule has 2 aromatic rings. The minimum atomic E-state index is -0.681. The quantitative estimate of drug-likeness (QED) is 0.166. The average Bonchev–Trinajstić information content (AvgIpc) is 3.12. The smallest absolute Gasteiger partial charge is 0.202 e. The zero-order chi connectivity index (χ0) is 19.9. The number of benzene rings is 1. The molecule has 1 aromatic carbocycles. The Bertz CT molecular complexity index is 818. The molecular formula is C16H19BrF2N6O2S. The lowest BCUT2D eigenvalue weighted by molar-refractivity contribution is 0.153. The molecule has 0 atom stereocenters. The van der Waals surface area contributed by atoms with E-state index in [1.807, 2.05) is 9.79 Å². The molecule has 0 radical (unpaired) electrons. The molecule has 1 aliphatic heterocycles. The molecule has 3 rings (SSSR count). The third kappa shape index (κ3) is 5.63.